The van der Waals surface area contributed by atoms with Crippen LogP contribution >= 0.6 is 0 Å². The predicted molar refractivity (Wildman–Crippen MR) is 135 cm³/mol. The van der Waals surface area contributed by atoms with Crippen LogP contribution in [0.1, 0.15) is 33.9 Å². The van der Waals surface area contributed by atoms with Gasteiger partial charge in [0.1, 0.15) is 6.33 Å². The molecule has 5 heterocycles. The molecule has 0 fully saturated rings. The van der Waals surface area contributed by atoms with Crippen molar-refractivity contribution < 1.29 is 4.74 Å². The van der Waals surface area contributed by atoms with E-state index in [1.807, 2.05) is 54.1 Å². The van der Waals surface area contributed by atoms with Gasteiger partial charge in [-0.2, -0.15) is 5.10 Å². The first kappa shape index (κ1) is 20.5. The largest absolute Gasteiger partial charge is 0.420 e. The van der Waals surface area contributed by atoms with Gasteiger partial charge in [0, 0.05) is 18.0 Å². The Balaban J connectivity index is 1.50. The van der Waals surface area contributed by atoms with Gasteiger partial charge < -0.3 is 4.74 Å². The number of fused-ring (bicyclic) bond motifs is 4. The molecule has 4 aromatic heterocycles. The first-order chi connectivity index (χ1) is 17.7. The van der Waals surface area contributed by atoms with Gasteiger partial charge in [-0.1, -0.05) is 48.0 Å². The van der Waals surface area contributed by atoms with Gasteiger partial charge in [0.15, 0.2) is 11.5 Å². The zero-order valence-corrected chi connectivity index (χ0v) is 19.7. The fourth-order valence-corrected chi connectivity index (χ4v) is 4.84. The smallest absolute Gasteiger partial charge is 0.230 e. The molecule has 0 spiro atoms. The Hall–Kier alpha value is -4.85. The van der Waals surface area contributed by atoms with Gasteiger partial charge in [0.05, 0.1) is 28.4 Å². The van der Waals surface area contributed by atoms with Crippen molar-refractivity contribution >= 4 is 5.65 Å². The van der Waals surface area contributed by atoms with Crippen LogP contribution in [0.4, 0.5) is 0 Å². The summed E-state index contributed by atoms with van der Waals surface area (Å²) in [6.45, 7) is 4.11. The molecule has 2 aromatic carbocycles. The van der Waals surface area contributed by atoms with Crippen LogP contribution in [0.3, 0.4) is 0 Å². The highest BCUT2D eigenvalue weighted by Gasteiger charge is 2.38. The van der Waals surface area contributed by atoms with Gasteiger partial charge in [-0.15, -0.1) is 5.10 Å². The summed E-state index contributed by atoms with van der Waals surface area (Å²) in [6.07, 6.45) is 5.13. The van der Waals surface area contributed by atoms with Crippen LogP contribution < -0.4 is 4.74 Å². The van der Waals surface area contributed by atoms with E-state index in [2.05, 4.69) is 41.2 Å². The Morgan fingerprint density at radius 1 is 0.833 bits per heavy atom. The van der Waals surface area contributed by atoms with Crippen molar-refractivity contribution in [2.75, 3.05) is 0 Å². The van der Waals surface area contributed by atoms with Crippen molar-refractivity contribution in [3.8, 4) is 28.8 Å². The molecule has 1 atom stereocenters. The minimum Gasteiger partial charge on any atom is -0.420 e. The lowest BCUT2D eigenvalue weighted by molar-refractivity contribution is 0.402. The van der Waals surface area contributed by atoms with E-state index in [1.165, 1.54) is 5.56 Å². The fourth-order valence-electron chi connectivity index (χ4n) is 4.84. The average molecular weight is 472 g/mol. The first-order valence-electron chi connectivity index (χ1n) is 11.7. The van der Waals surface area contributed by atoms with Crippen LogP contribution in [0.5, 0.6) is 11.8 Å². The standard InChI is InChI=1S/C28H21N7O/c1-17-8-10-19(11-9-17)23-22-18(2)32-35(21-6-4-3-5-7-21)28(22)36-27-24(23)26-31-25(33-34(26)16-30-27)20-12-14-29-15-13-20/h3-16,23H,1-2H3/t23-/m1/s1. The van der Waals surface area contributed by atoms with E-state index in [1.54, 1.807) is 23.2 Å². The van der Waals surface area contributed by atoms with Crippen molar-refractivity contribution in [1.82, 2.24) is 34.3 Å². The molecule has 7 rings (SSSR count). The monoisotopic (exact) mass is 471 g/mol. The Labute approximate surface area is 206 Å². The zero-order valence-electron chi connectivity index (χ0n) is 19.7. The maximum absolute atomic E-state index is 6.48. The number of aryl methyl sites for hydroxylation is 2. The number of aromatic nitrogens is 7. The highest BCUT2D eigenvalue weighted by molar-refractivity contribution is 5.68. The third kappa shape index (κ3) is 3.11. The summed E-state index contributed by atoms with van der Waals surface area (Å²) in [6, 6.07) is 22.4. The molecule has 1 aliphatic heterocycles. The first-order valence-corrected chi connectivity index (χ1v) is 11.7. The molecule has 174 valence electrons. The van der Waals surface area contributed by atoms with Gasteiger partial charge in [-0.25, -0.2) is 19.2 Å². The maximum atomic E-state index is 6.48. The number of pyridine rings is 1. The Bertz CT molecular complexity index is 1720. The zero-order chi connectivity index (χ0) is 24.2. The molecule has 0 saturated carbocycles. The summed E-state index contributed by atoms with van der Waals surface area (Å²) < 4.78 is 10.1. The second-order valence-electron chi connectivity index (χ2n) is 8.90. The minimum atomic E-state index is -0.174. The summed E-state index contributed by atoms with van der Waals surface area (Å²) in [5, 5.41) is 9.59. The van der Waals surface area contributed by atoms with Crippen molar-refractivity contribution in [3.05, 3.63) is 113 Å². The number of benzene rings is 2. The van der Waals surface area contributed by atoms with Gasteiger partial charge >= 0.3 is 0 Å². The van der Waals surface area contributed by atoms with Gasteiger partial charge in [-0.3, -0.25) is 4.98 Å². The molecule has 0 saturated heterocycles. The topological polar surface area (TPSA) is 83.0 Å². The molecule has 0 aliphatic carbocycles. The molecule has 0 unspecified atom stereocenters. The lowest BCUT2D eigenvalue weighted by Crippen LogP contribution is -2.16. The minimum absolute atomic E-state index is 0.174. The van der Waals surface area contributed by atoms with Crippen molar-refractivity contribution in [1.29, 1.82) is 0 Å². The average Bonchev–Trinajstić information content (AvgIpc) is 3.50. The highest BCUT2D eigenvalue weighted by atomic mass is 16.5. The summed E-state index contributed by atoms with van der Waals surface area (Å²) in [4.78, 5) is 13.7. The number of nitrogens with zero attached hydrogens (tertiary/aromatic N) is 7. The lowest BCUT2D eigenvalue weighted by Gasteiger charge is -2.26. The summed E-state index contributed by atoms with van der Waals surface area (Å²) >= 11 is 0. The SMILES string of the molecule is Cc1ccc([C@@H]2c3c(C)nn(-c4ccccc4)c3Oc3ncn4nc(-c5ccncc5)nc4c32)cc1. The number of para-hydroxylation sites is 1. The van der Waals surface area contributed by atoms with Crippen LogP contribution in [0.15, 0.2) is 85.5 Å². The highest BCUT2D eigenvalue weighted by Crippen LogP contribution is 2.49. The Morgan fingerprint density at radius 3 is 2.39 bits per heavy atom. The van der Waals surface area contributed by atoms with Crippen molar-refractivity contribution in [2.24, 2.45) is 0 Å². The van der Waals surface area contributed by atoms with Gasteiger partial charge in [0.25, 0.3) is 0 Å². The van der Waals surface area contributed by atoms with Crippen LogP contribution in [-0.2, 0) is 0 Å². The normalized spacial score (nSPS) is 14.3. The summed E-state index contributed by atoms with van der Waals surface area (Å²) in [7, 11) is 0. The van der Waals surface area contributed by atoms with Gasteiger partial charge in [0.2, 0.25) is 11.8 Å². The fraction of sp³-hybridized carbons (Fsp3) is 0.107. The number of rotatable bonds is 3. The lowest BCUT2D eigenvalue weighted by atomic mass is 9.84. The van der Waals surface area contributed by atoms with E-state index in [9.17, 15) is 0 Å². The molecule has 36 heavy (non-hydrogen) atoms. The van der Waals surface area contributed by atoms with Gasteiger partial charge in [-0.05, 0) is 43.7 Å². The third-order valence-corrected chi connectivity index (χ3v) is 6.57. The van der Waals surface area contributed by atoms with Crippen LogP contribution in [0.25, 0.3) is 22.7 Å². The molecule has 0 bridgehead atoms. The van der Waals surface area contributed by atoms with Crippen LogP contribution in [-0.4, -0.2) is 34.3 Å². The molecular weight excluding hydrogens is 450 g/mol. The summed E-state index contributed by atoms with van der Waals surface area (Å²) in [5.41, 5.74) is 7.59. The molecule has 0 radical (unpaired) electrons. The maximum Gasteiger partial charge on any atom is 0.230 e. The van der Waals surface area contributed by atoms with Crippen LogP contribution in [0, 0.1) is 13.8 Å². The molecule has 8 heteroatoms. The summed E-state index contributed by atoms with van der Waals surface area (Å²) in [5.74, 6) is 1.61. The molecule has 1 aliphatic rings. The van der Waals surface area contributed by atoms with E-state index in [0.29, 0.717) is 23.2 Å². The van der Waals surface area contributed by atoms with Crippen molar-refractivity contribution in [2.45, 2.75) is 19.8 Å². The molecular formula is C28H21N7O. The predicted octanol–water partition coefficient (Wildman–Crippen LogP) is 5.27. The third-order valence-electron chi connectivity index (χ3n) is 6.57. The van der Waals surface area contributed by atoms with E-state index in [0.717, 1.165) is 33.6 Å². The van der Waals surface area contributed by atoms with E-state index >= 15 is 0 Å². The van der Waals surface area contributed by atoms with Crippen molar-refractivity contribution in [3.63, 3.8) is 0 Å². The molecule has 8 nitrogen and oxygen atoms in total. The Kier molecular flexibility index (Phi) is 4.47. The second-order valence-corrected chi connectivity index (χ2v) is 8.90. The molecule has 0 amide bonds. The quantitative estimate of drug-likeness (QED) is 0.349. The number of hydrogen-bond donors (Lipinski definition) is 0. The Morgan fingerprint density at radius 2 is 1.61 bits per heavy atom. The number of hydrogen-bond acceptors (Lipinski definition) is 6. The van der Waals surface area contributed by atoms with E-state index in [4.69, 9.17) is 19.9 Å². The molecule has 6 aromatic rings. The number of ether oxygens (including phenoxy) is 1. The second kappa shape index (κ2) is 7.84. The van der Waals surface area contributed by atoms with E-state index < -0.39 is 0 Å². The van der Waals surface area contributed by atoms with E-state index in [-0.39, 0.29) is 5.92 Å². The molecule has 0 N–H and O–H groups in total. The van der Waals surface area contributed by atoms with Crippen LogP contribution in [0.2, 0.25) is 0 Å².